The van der Waals surface area contributed by atoms with Crippen molar-refractivity contribution in [2.24, 2.45) is 0 Å². The van der Waals surface area contributed by atoms with Crippen molar-refractivity contribution < 1.29 is 4.79 Å². The zero-order valence-corrected chi connectivity index (χ0v) is 15.8. The van der Waals surface area contributed by atoms with E-state index >= 15 is 0 Å². The molecule has 0 aliphatic carbocycles. The van der Waals surface area contributed by atoms with Gasteiger partial charge < -0.3 is 15.6 Å². The van der Waals surface area contributed by atoms with Gasteiger partial charge in [0.15, 0.2) is 0 Å². The standard InChI is InChI=1S/C22H19ClN4O/c23-18-6-2-4-8-20(18)27-22(28)21-10-9-16(14-26-21)24-12-11-15-13-25-19-7-3-1-5-17(15)19/h1-10,13-14,24-25H,11-12H2,(H,27,28). The van der Waals surface area contributed by atoms with E-state index < -0.39 is 0 Å². The number of aromatic nitrogens is 2. The van der Waals surface area contributed by atoms with Crippen molar-refractivity contribution in [2.75, 3.05) is 17.2 Å². The van der Waals surface area contributed by atoms with E-state index in [1.807, 2.05) is 36.5 Å². The van der Waals surface area contributed by atoms with Crippen molar-refractivity contribution in [2.45, 2.75) is 6.42 Å². The monoisotopic (exact) mass is 390 g/mol. The summed E-state index contributed by atoms with van der Waals surface area (Å²) in [6, 6.07) is 18.9. The molecule has 4 aromatic rings. The number of amides is 1. The van der Waals surface area contributed by atoms with Gasteiger partial charge >= 0.3 is 0 Å². The molecule has 0 unspecified atom stereocenters. The quantitative estimate of drug-likeness (QED) is 0.427. The smallest absolute Gasteiger partial charge is 0.274 e. The molecular weight excluding hydrogens is 372 g/mol. The zero-order chi connectivity index (χ0) is 19.3. The van der Waals surface area contributed by atoms with Crippen LogP contribution in [0.3, 0.4) is 0 Å². The fraction of sp³-hybridized carbons (Fsp3) is 0.0909. The van der Waals surface area contributed by atoms with Crippen molar-refractivity contribution in [1.29, 1.82) is 0 Å². The molecule has 0 aliphatic rings. The molecule has 0 saturated carbocycles. The van der Waals surface area contributed by atoms with Crippen LogP contribution in [0.4, 0.5) is 11.4 Å². The number of pyridine rings is 1. The van der Waals surface area contributed by atoms with Crippen molar-refractivity contribution in [3.63, 3.8) is 0 Å². The molecule has 3 N–H and O–H groups in total. The van der Waals surface area contributed by atoms with Gasteiger partial charge in [-0.1, -0.05) is 41.9 Å². The molecule has 2 aromatic carbocycles. The van der Waals surface area contributed by atoms with Gasteiger partial charge in [-0.3, -0.25) is 4.79 Å². The normalized spacial score (nSPS) is 10.8. The molecule has 0 spiro atoms. The largest absolute Gasteiger partial charge is 0.383 e. The summed E-state index contributed by atoms with van der Waals surface area (Å²) in [7, 11) is 0. The molecule has 0 saturated heterocycles. The van der Waals surface area contributed by atoms with Crippen LogP contribution in [-0.2, 0) is 6.42 Å². The minimum atomic E-state index is -0.293. The number of aromatic amines is 1. The number of H-pyrrole nitrogens is 1. The molecule has 6 heteroatoms. The Hall–Kier alpha value is -3.31. The first kappa shape index (κ1) is 18.1. The topological polar surface area (TPSA) is 69.8 Å². The Balaban J connectivity index is 1.34. The van der Waals surface area contributed by atoms with Crippen LogP contribution in [0.25, 0.3) is 10.9 Å². The van der Waals surface area contributed by atoms with E-state index in [-0.39, 0.29) is 5.91 Å². The average molecular weight is 391 g/mol. The number of rotatable bonds is 6. The Morgan fingerprint density at radius 1 is 1.04 bits per heavy atom. The summed E-state index contributed by atoms with van der Waals surface area (Å²) in [6.45, 7) is 0.773. The minimum Gasteiger partial charge on any atom is -0.383 e. The number of para-hydroxylation sites is 2. The number of nitrogens with zero attached hydrogens (tertiary/aromatic N) is 1. The third kappa shape index (κ3) is 4.00. The van der Waals surface area contributed by atoms with Crippen LogP contribution in [0, 0.1) is 0 Å². The van der Waals surface area contributed by atoms with Gasteiger partial charge in [0.1, 0.15) is 5.69 Å². The van der Waals surface area contributed by atoms with Crippen molar-refractivity contribution in [3.05, 3.63) is 89.3 Å². The van der Waals surface area contributed by atoms with Gasteiger partial charge in [0, 0.05) is 23.6 Å². The third-order valence-electron chi connectivity index (χ3n) is 4.52. The van der Waals surface area contributed by atoms with E-state index in [2.05, 4.69) is 32.7 Å². The Kier molecular flexibility index (Phi) is 5.26. The molecule has 140 valence electrons. The molecule has 0 fully saturated rings. The number of fused-ring (bicyclic) bond motifs is 1. The zero-order valence-electron chi connectivity index (χ0n) is 15.1. The first-order valence-electron chi connectivity index (χ1n) is 9.01. The second-order valence-corrected chi connectivity index (χ2v) is 6.81. The molecule has 4 rings (SSSR count). The Morgan fingerprint density at radius 3 is 2.68 bits per heavy atom. The van der Waals surface area contributed by atoms with Crippen LogP contribution in [0.5, 0.6) is 0 Å². The number of carbonyl (C=O) groups is 1. The number of hydrogen-bond acceptors (Lipinski definition) is 3. The van der Waals surface area contributed by atoms with Gasteiger partial charge in [0.2, 0.25) is 0 Å². The molecule has 0 radical (unpaired) electrons. The number of anilines is 2. The molecular formula is C22H19ClN4O. The fourth-order valence-corrected chi connectivity index (χ4v) is 3.24. The SMILES string of the molecule is O=C(Nc1ccccc1Cl)c1ccc(NCCc2c[nH]c3ccccc23)cn1. The summed E-state index contributed by atoms with van der Waals surface area (Å²) in [6.07, 6.45) is 4.60. The predicted molar refractivity (Wildman–Crippen MR) is 114 cm³/mol. The minimum absolute atomic E-state index is 0.293. The van der Waals surface area contributed by atoms with Gasteiger partial charge in [0.25, 0.3) is 5.91 Å². The number of halogens is 1. The van der Waals surface area contributed by atoms with Gasteiger partial charge in [-0.05, 0) is 42.3 Å². The molecule has 5 nitrogen and oxygen atoms in total. The van der Waals surface area contributed by atoms with Crippen LogP contribution >= 0.6 is 11.6 Å². The molecule has 2 aromatic heterocycles. The maximum atomic E-state index is 12.3. The summed E-state index contributed by atoms with van der Waals surface area (Å²) >= 11 is 6.07. The van der Waals surface area contributed by atoms with Crippen molar-refractivity contribution >= 4 is 39.8 Å². The maximum absolute atomic E-state index is 12.3. The predicted octanol–water partition coefficient (Wildman–Crippen LogP) is 5.12. The van der Waals surface area contributed by atoms with Gasteiger partial charge in [0.05, 0.1) is 22.6 Å². The highest BCUT2D eigenvalue weighted by Crippen LogP contribution is 2.21. The number of benzene rings is 2. The highest BCUT2D eigenvalue weighted by Gasteiger charge is 2.09. The van der Waals surface area contributed by atoms with Crippen molar-refractivity contribution in [1.82, 2.24) is 9.97 Å². The highest BCUT2D eigenvalue weighted by atomic mass is 35.5. The molecule has 1 amide bonds. The molecule has 28 heavy (non-hydrogen) atoms. The highest BCUT2D eigenvalue weighted by molar-refractivity contribution is 6.33. The van der Waals surface area contributed by atoms with Crippen LogP contribution in [0.15, 0.2) is 73.1 Å². The number of hydrogen-bond donors (Lipinski definition) is 3. The lowest BCUT2D eigenvalue weighted by Gasteiger charge is -2.08. The van der Waals surface area contributed by atoms with Gasteiger partial charge in [-0.25, -0.2) is 4.98 Å². The van der Waals surface area contributed by atoms with E-state index in [4.69, 9.17) is 11.6 Å². The summed E-state index contributed by atoms with van der Waals surface area (Å²) in [5.41, 5.74) is 4.19. The van der Waals surface area contributed by atoms with Crippen LogP contribution in [0.2, 0.25) is 5.02 Å². The first-order chi connectivity index (χ1) is 13.7. The van der Waals surface area contributed by atoms with Crippen molar-refractivity contribution in [3.8, 4) is 0 Å². The second-order valence-electron chi connectivity index (χ2n) is 6.40. The molecule has 0 atom stereocenters. The summed E-state index contributed by atoms with van der Waals surface area (Å²) in [5.74, 6) is -0.293. The lowest BCUT2D eigenvalue weighted by molar-refractivity contribution is 0.102. The molecule has 2 heterocycles. The van der Waals surface area contributed by atoms with Gasteiger partial charge in [-0.2, -0.15) is 0 Å². The molecule has 0 aliphatic heterocycles. The Morgan fingerprint density at radius 2 is 1.86 bits per heavy atom. The first-order valence-corrected chi connectivity index (χ1v) is 9.39. The van der Waals surface area contributed by atoms with E-state index in [0.717, 1.165) is 24.2 Å². The number of nitrogens with one attached hydrogen (secondary N) is 3. The Bertz CT molecular complexity index is 1100. The maximum Gasteiger partial charge on any atom is 0.274 e. The van der Waals surface area contributed by atoms with Crippen LogP contribution in [-0.4, -0.2) is 22.4 Å². The third-order valence-corrected chi connectivity index (χ3v) is 4.85. The van der Waals surface area contributed by atoms with E-state index in [1.165, 1.54) is 10.9 Å². The summed E-state index contributed by atoms with van der Waals surface area (Å²) in [5, 5.41) is 7.85. The summed E-state index contributed by atoms with van der Waals surface area (Å²) < 4.78 is 0. The Labute approximate surface area is 167 Å². The average Bonchev–Trinajstić information content (AvgIpc) is 3.13. The lowest BCUT2D eigenvalue weighted by atomic mass is 10.1. The van der Waals surface area contributed by atoms with Gasteiger partial charge in [-0.15, -0.1) is 0 Å². The van der Waals surface area contributed by atoms with Crippen LogP contribution in [0.1, 0.15) is 16.1 Å². The molecule has 0 bridgehead atoms. The lowest BCUT2D eigenvalue weighted by Crippen LogP contribution is -2.14. The van der Waals surface area contributed by atoms with E-state index in [1.54, 1.807) is 24.4 Å². The number of carbonyl (C=O) groups excluding carboxylic acids is 1. The van der Waals surface area contributed by atoms with E-state index in [9.17, 15) is 4.79 Å². The van der Waals surface area contributed by atoms with Crippen LogP contribution < -0.4 is 10.6 Å². The van der Waals surface area contributed by atoms with E-state index in [0.29, 0.717) is 16.4 Å². The fourth-order valence-electron chi connectivity index (χ4n) is 3.06. The second kappa shape index (κ2) is 8.15. The summed E-state index contributed by atoms with van der Waals surface area (Å²) in [4.78, 5) is 19.8.